The molecule has 29 heavy (non-hydrogen) atoms. The van der Waals surface area contributed by atoms with Gasteiger partial charge in [-0.05, 0) is 23.3 Å². The third-order valence-corrected chi connectivity index (χ3v) is 4.99. The van der Waals surface area contributed by atoms with Crippen LogP contribution in [0.25, 0.3) is 17.1 Å². The number of benzene rings is 2. The molecule has 0 bridgehead atoms. The molecule has 3 aromatic heterocycles. The summed E-state index contributed by atoms with van der Waals surface area (Å²) in [4.78, 5) is 16.8. The maximum Gasteiger partial charge on any atom is 0.237 e. The molecule has 0 aliphatic heterocycles. The maximum atomic E-state index is 4.74. The summed E-state index contributed by atoms with van der Waals surface area (Å²) in [5, 5.41) is 3.54. The van der Waals surface area contributed by atoms with Gasteiger partial charge in [-0.2, -0.15) is 9.97 Å². The Kier molecular flexibility index (Phi) is 4.50. The Morgan fingerprint density at radius 1 is 0.828 bits per heavy atom. The molecule has 0 atom stereocenters. The second kappa shape index (κ2) is 7.59. The predicted molar refractivity (Wildman–Crippen MR) is 114 cm³/mol. The highest BCUT2D eigenvalue weighted by Gasteiger charge is 2.16. The second-order valence-electron chi connectivity index (χ2n) is 6.82. The number of nitrogens with one attached hydrogen (secondary N) is 2. The maximum absolute atomic E-state index is 4.74. The summed E-state index contributed by atoms with van der Waals surface area (Å²) in [6, 6.07) is 24.9. The smallest absolute Gasteiger partial charge is 0.237 e. The lowest BCUT2D eigenvalue weighted by Gasteiger charge is -2.19. The number of anilines is 1. The lowest BCUT2D eigenvalue weighted by molar-refractivity contribution is 0.845. The van der Waals surface area contributed by atoms with E-state index in [9.17, 15) is 0 Å². The molecule has 0 fully saturated rings. The zero-order valence-corrected chi connectivity index (χ0v) is 15.7. The second-order valence-corrected chi connectivity index (χ2v) is 6.82. The first-order chi connectivity index (χ1) is 14.4. The van der Waals surface area contributed by atoms with E-state index in [0.29, 0.717) is 18.1 Å². The van der Waals surface area contributed by atoms with Gasteiger partial charge in [0.15, 0.2) is 11.5 Å². The zero-order chi connectivity index (χ0) is 19.5. The Balaban J connectivity index is 1.50. The van der Waals surface area contributed by atoms with Gasteiger partial charge < -0.3 is 10.3 Å². The molecule has 0 saturated heterocycles. The molecule has 2 aromatic carbocycles. The Hall–Kier alpha value is -3.93. The number of hydrogen-bond acceptors (Lipinski definition) is 4. The molecule has 3 heterocycles. The van der Waals surface area contributed by atoms with E-state index in [1.165, 1.54) is 11.1 Å². The van der Waals surface area contributed by atoms with Gasteiger partial charge >= 0.3 is 0 Å². The normalized spacial score (nSPS) is 11.2. The van der Waals surface area contributed by atoms with Gasteiger partial charge in [-0.25, -0.2) is 4.98 Å². The summed E-state index contributed by atoms with van der Waals surface area (Å²) in [5.41, 5.74) is 3.96. The molecule has 0 amide bonds. The molecular formula is C23H20N6. The van der Waals surface area contributed by atoms with Crippen molar-refractivity contribution in [3.63, 3.8) is 0 Å². The third-order valence-electron chi connectivity index (χ3n) is 4.99. The van der Waals surface area contributed by atoms with Crippen molar-refractivity contribution in [3.8, 4) is 5.95 Å². The molecule has 6 heteroatoms. The van der Waals surface area contributed by atoms with Crippen LogP contribution < -0.4 is 5.32 Å². The van der Waals surface area contributed by atoms with Crippen molar-refractivity contribution in [3.05, 3.63) is 103 Å². The van der Waals surface area contributed by atoms with E-state index in [-0.39, 0.29) is 5.92 Å². The Morgan fingerprint density at radius 2 is 1.48 bits per heavy atom. The molecule has 0 saturated carbocycles. The summed E-state index contributed by atoms with van der Waals surface area (Å²) in [6.45, 7) is 0.699. The van der Waals surface area contributed by atoms with Crippen LogP contribution in [0.4, 0.5) is 5.82 Å². The molecule has 0 radical (unpaired) electrons. The van der Waals surface area contributed by atoms with E-state index in [1.54, 1.807) is 6.33 Å². The van der Waals surface area contributed by atoms with Crippen LogP contribution in [-0.2, 0) is 0 Å². The molecule has 0 unspecified atom stereocenters. The van der Waals surface area contributed by atoms with Crippen molar-refractivity contribution in [1.82, 2.24) is 24.5 Å². The van der Waals surface area contributed by atoms with E-state index in [4.69, 9.17) is 4.98 Å². The summed E-state index contributed by atoms with van der Waals surface area (Å²) in [5.74, 6) is 1.53. The minimum atomic E-state index is 0.195. The fourth-order valence-corrected chi connectivity index (χ4v) is 3.53. The Morgan fingerprint density at radius 3 is 2.14 bits per heavy atom. The van der Waals surface area contributed by atoms with Crippen molar-refractivity contribution in [2.75, 3.05) is 11.9 Å². The van der Waals surface area contributed by atoms with Crippen LogP contribution in [0, 0.1) is 0 Å². The van der Waals surface area contributed by atoms with E-state index < -0.39 is 0 Å². The monoisotopic (exact) mass is 380 g/mol. The highest BCUT2D eigenvalue weighted by molar-refractivity contribution is 5.83. The van der Waals surface area contributed by atoms with Gasteiger partial charge in [0.1, 0.15) is 5.52 Å². The minimum Gasteiger partial charge on any atom is -0.367 e. The molecule has 5 rings (SSSR count). The van der Waals surface area contributed by atoms with Crippen molar-refractivity contribution in [2.45, 2.75) is 5.92 Å². The standard InChI is InChI=1S/C23H20N6/c1-3-9-17(10-4-1)19(18-11-5-2-6-12-18)15-24-21-20-22(26-16-25-20)28-23(27-21)29-13-7-8-14-29/h1-14,16,19H,15H2,(H2,24,25,26,27,28). The zero-order valence-electron chi connectivity index (χ0n) is 15.7. The van der Waals surface area contributed by atoms with Gasteiger partial charge in [-0.1, -0.05) is 60.7 Å². The topological polar surface area (TPSA) is 71.4 Å². The summed E-state index contributed by atoms with van der Waals surface area (Å²) < 4.78 is 1.88. The number of H-pyrrole nitrogens is 1. The van der Waals surface area contributed by atoms with Gasteiger partial charge in [-0.15, -0.1) is 0 Å². The fourth-order valence-electron chi connectivity index (χ4n) is 3.53. The molecular weight excluding hydrogens is 360 g/mol. The largest absolute Gasteiger partial charge is 0.367 e. The molecule has 0 aliphatic carbocycles. The summed E-state index contributed by atoms with van der Waals surface area (Å²) >= 11 is 0. The molecule has 142 valence electrons. The van der Waals surface area contributed by atoms with E-state index in [0.717, 1.165) is 11.3 Å². The van der Waals surface area contributed by atoms with Crippen LogP contribution in [0.2, 0.25) is 0 Å². The highest BCUT2D eigenvalue weighted by atomic mass is 15.2. The van der Waals surface area contributed by atoms with E-state index in [1.807, 2.05) is 41.2 Å². The molecule has 6 nitrogen and oxygen atoms in total. The quantitative estimate of drug-likeness (QED) is 0.458. The van der Waals surface area contributed by atoms with Gasteiger partial charge in [0.25, 0.3) is 0 Å². The average Bonchev–Trinajstić information content (AvgIpc) is 3.47. The van der Waals surface area contributed by atoms with Gasteiger partial charge in [-0.3, -0.25) is 4.57 Å². The number of aromatic nitrogens is 5. The first-order valence-electron chi connectivity index (χ1n) is 9.57. The van der Waals surface area contributed by atoms with Crippen LogP contribution in [0.15, 0.2) is 91.5 Å². The summed E-state index contributed by atoms with van der Waals surface area (Å²) in [6.07, 6.45) is 5.50. The molecule has 0 aliphatic rings. The van der Waals surface area contributed by atoms with Crippen molar-refractivity contribution >= 4 is 17.0 Å². The summed E-state index contributed by atoms with van der Waals surface area (Å²) in [7, 11) is 0. The molecule has 2 N–H and O–H groups in total. The van der Waals surface area contributed by atoms with Crippen LogP contribution in [0.3, 0.4) is 0 Å². The van der Waals surface area contributed by atoms with Crippen LogP contribution in [0.1, 0.15) is 17.0 Å². The Labute approximate surface area is 168 Å². The Bertz CT molecular complexity index is 1160. The number of rotatable bonds is 6. The van der Waals surface area contributed by atoms with Gasteiger partial charge in [0.05, 0.1) is 6.33 Å². The minimum absolute atomic E-state index is 0.195. The lowest BCUT2D eigenvalue weighted by atomic mass is 9.91. The van der Waals surface area contributed by atoms with Crippen molar-refractivity contribution < 1.29 is 0 Å². The lowest BCUT2D eigenvalue weighted by Crippen LogP contribution is -2.16. The van der Waals surface area contributed by atoms with Crippen LogP contribution in [0.5, 0.6) is 0 Å². The van der Waals surface area contributed by atoms with E-state index >= 15 is 0 Å². The van der Waals surface area contributed by atoms with Gasteiger partial charge in [0, 0.05) is 24.9 Å². The third kappa shape index (κ3) is 3.48. The number of hydrogen-bond donors (Lipinski definition) is 2. The van der Waals surface area contributed by atoms with Gasteiger partial charge in [0.2, 0.25) is 5.95 Å². The first kappa shape index (κ1) is 17.2. The predicted octanol–water partition coefficient (Wildman–Crippen LogP) is 4.39. The fraction of sp³-hybridized carbons (Fsp3) is 0.0870. The number of imidazole rings is 1. The number of aromatic amines is 1. The van der Waals surface area contributed by atoms with E-state index in [2.05, 4.69) is 68.8 Å². The van der Waals surface area contributed by atoms with Crippen LogP contribution in [-0.4, -0.2) is 31.0 Å². The highest BCUT2D eigenvalue weighted by Crippen LogP contribution is 2.26. The van der Waals surface area contributed by atoms with Crippen molar-refractivity contribution in [1.29, 1.82) is 0 Å². The number of fused-ring (bicyclic) bond motifs is 1. The average molecular weight is 380 g/mol. The molecule has 0 spiro atoms. The first-order valence-corrected chi connectivity index (χ1v) is 9.57. The molecule has 5 aromatic rings. The van der Waals surface area contributed by atoms with Crippen LogP contribution >= 0.6 is 0 Å². The SMILES string of the molecule is c1ccc(C(CNc2nc(-n3cccc3)nc3nc[nH]c23)c2ccccc2)cc1. The van der Waals surface area contributed by atoms with Crippen molar-refractivity contribution in [2.24, 2.45) is 0 Å². The number of nitrogens with zero attached hydrogens (tertiary/aromatic N) is 4.